The van der Waals surface area contributed by atoms with Crippen LogP contribution in [0.15, 0.2) is 0 Å². The van der Waals surface area contributed by atoms with Gasteiger partial charge in [-0.3, -0.25) is 0 Å². The van der Waals surface area contributed by atoms with Gasteiger partial charge >= 0.3 is 12.0 Å². The molecule has 0 aliphatic heterocycles. The fourth-order valence-corrected chi connectivity index (χ4v) is 2.08. The topological polar surface area (TPSA) is 69.2 Å². The van der Waals surface area contributed by atoms with E-state index < -0.39 is 0 Å². The summed E-state index contributed by atoms with van der Waals surface area (Å²) >= 11 is 6.27. The molecule has 1 heterocycles. The van der Waals surface area contributed by atoms with Crippen molar-refractivity contribution in [1.82, 2.24) is 15.0 Å². The minimum absolute atomic E-state index is 0.00578. The highest BCUT2D eigenvalue weighted by molar-refractivity contribution is 6.20. The Kier molecular flexibility index (Phi) is 5.60. The second-order valence-corrected chi connectivity index (χ2v) is 5.99. The van der Waals surface area contributed by atoms with Crippen LogP contribution >= 0.6 is 11.6 Å². The first kappa shape index (κ1) is 15.8. The van der Waals surface area contributed by atoms with Crippen LogP contribution in [0.3, 0.4) is 0 Å². The molecule has 0 saturated carbocycles. The summed E-state index contributed by atoms with van der Waals surface area (Å²) in [5.41, 5.74) is 0.183. The number of ether oxygens (including phenoxy) is 2. The Morgan fingerprint density at radius 3 is 2.05 bits per heavy atom. The van der Waals surface area contributed by atoms with Crippen LogP contribution in [0, 0.1) is 5.41 Å². The Hall–Kier alpha value is -1.30. The average molecular weight is 289 g/mol. The summed E-state index contributed by atoms with van der Waals surface area (Å²) in [6, 6.07) is 0.410. The summed E-state index contributed by atoms with van der Waals surface area (Å²) < 4.78 is 9.94. The minimum atomic E-state index is -0.00578. The van der Waals surface area contributed by atoms with E-state index in [0.29, 0.717) is 12.5 Å². The average Bonchev–Trinajstić information content (AvgIpc) is 2.33. The maximum absolute atomic E-state index is 6.27. The van der Waals surface area contributed by atoms with Crippen molar-refractivity contribution in [2.75, 3.05) is 26.1 Å². The van der Waals surface area contributed by atoms with E-state index in [0.717, 1.165) is 6.42 Å². The monoisotopic (exact) mass is 288 g/mol. The van der Waals surface area contributed by atoms with Gasteiger partial charge in [-0.1, -0.05) is 20.8 Å². The van der Waals surface area contributed by atoms with Crippen molar-refractivity contribution in [3.63, 3.8) is 0 Å². The van der Waals surface area contributed by atoms with Gasteiger partial charge in [0.1, 0.15) is 0 Å². The minimum Gasteiger partial charge on any atom is -0.467 e. The second kappa shape index (κ2) is 6.75. The Balaban J connectivity index is 2.62. The summed E-state index contributed by atoms with van der Waals surface area (Å²) in [5.74, 6) is 0.392. The molecule has 0 amide bonds. The number of nitrogens with zero attached hydrogens (tertiary/aromatic N) is 3. The Morgan fingerprint density at radius 2 is 1.63 bits per heavy atom. The van der Waals surface area contributed by atoms with E-state index >= 15 is 0 Å². The van der Waals surface area contributed by atoms with Crippen LogP contribution in [0.2, 0.25) is 0 Å². The van der Waals surface area contributed by atoms with Gasteiger partial charge in [-0.05, 0) is 11.8 Å². The van der Waals surface area contributed by atoms with Gasteiger partial charge in [0.2, 0.25) is 5.95 Å². The molecule has 1 N–H and O–H groups in total. The van der Waals surface area contributed by atoms with Crippen LogP contribution in [0.4, 0.5) is 5.95 Å². The number of halogens is 1. The molecule has 1 atom stereocenters. The Labute approximate surface area is 118 Å². The Bertz CT molecular complexity index is 387. The van der Waals surface area contributed by atoms with E-state index in [4.69, 9.17) is 21.1 Å². The fraction of sp³-hybridized carbons (Fsp3) is 0.750. The zero-order valence-electron chi connectivity index (χ0n) is 12.0. The highest BCUT2D eigenvalue weighted by Crippen LogP contribution is 2.23. The molecule has 0 fully saturated rings. The molecule has 0 saturated heterocycles. The molecule has 0 aliphatic carbocycles. The van der Waals surface area contributed by atoms with Crippen LogP contribution in [0.25, 0.3) is 0 Å². The first-order chi connectivity index (χ1) is 8.84. The quantitative estimate of drug-likeness (QED) is 0.810. The first-order valence-electron chi connectivity index (χ1n) is 6.06. The molecular weight excluding hydrogens is 268 g/mol. The number of anilines is 1. The standard InChI is InChI=1S/C12H21ClN4O2/c1-12(2,3)6-8(13)7-14-9-15-10(18-4)17-11(16-9)19-5/h8H,6-7H2,1-5H3,(H,14,15,16,17). The number of alkyl halides is 1. The predicted octanol–water partition coefficient (Wildman–Crippen LogP) is 2.34. The molecule has 0 aromatic carbocycles. The second-order valence-electron chi connectivity index (χ2n) is 5.38. The van der Waals surface area contributed by atoms with Gasteiger partial charge in [-0.2, -0.15) is 9.97 Å². The molecule has 7 heteroatoms. The van der Waals surface area contributed by atoms with Gasteiger partial charge < -0.3 is 14.8 Å². The first-order valence-corrected chi connectivity index (χ1v) is 6.49. The summed E-state index contributed by atoms with van der Waals surface area (Å²) in [4.78, 5) is 12.1. The molecule has 0 spiro atoms. The van der Waals surface area contributed by atoms with Gasteiger partial charge in [-0.15, -0.1) is 16.6 Å². The van der Waals surface area contributed by atoms with E-state index in [2.05, 4.69) is 41.0 Å². The van der Waals surface area contributed by atoms with Crippen molar-refractivity contribution in [2.24, 2.45) is 5.41 Å². The van der Waals surface area contributed by atoms with E-state index in [1.54, 1.807) is 0 Å². The number of hydrogen-bond acceptors (Lipinski definition) is 6. The van der Waals surface area contributed by atoms with Crippen molar-refractivity contribution < 1.29 is 9.47 Å². The van der Waals surface area contributed by atoms with Crippen molar-refractivity contribution in [3.05, 3.63) is 0 Å². The lowest BCUT2D eigenvalue weighted by molar-refractivity contribution is 0.340. The molecule has 1 rings (SSSR count). The molecule has 1 aromatic heterocycles. The molecule has 0 radical (unpaired) electrons. The molecule has 6 nitrogen and oxygen atoms in total. The van der Waals surface area contributed by atoms with Gasteiger partial charge in [0.25, 0.3) is 0 Å². The third-order valence-electron chi connectivity index (χ3n) is 2.28. The Morgan fingerprint density at radius 1 is 1.11 bits per heavy atom. The smallest absolute Gasteiger partial charge is 0.324 e. The molecule has 0 aliphatic rings. The van der Waals surface area contributed by atoms with E-state index in [1.807, 2.05) is 0 Å². The molecule has 0 bridgehead atoms. The van der Waals surface area contributed by atoms with Crippen LogP contribution < -0.4 is 14.8 Å². The maximum Gasteiger partial charge on any atom is 0.324 e. The summed E-state index contributed by atoms with van der Waals surface area (Å²) in [6.07, 6.45) is 0.890. The maximum atomic E-state index is 6.27. The van der Waals surface area contributed by atoms with Crippen molar-refractivity contribution in [3.8, 4) is 12.0 Å². The number of rotatable bonds is 6. The van der Waals surface area contributed by atoms with Crippen LogP contribution in [0.5, 0.6) is 12.0 Å². The third-order valence-corrected chi connectivity index (χ3v) is 2.58. The molecular formula is C12H21ClN4O2. The number of aromatic nitrogens is 3. The zero-order chi connectivity index (χ0) is 14.5. The fourth-order valence-electron chi connectivity index (χ4n) is 1.54. The van der Waals surface area contributed by atoms with Crippen LogP contribution in [-0.2, 0) is 0 Å². The van der Waals surface area contributed by atoms with E-state index in [-0.39, 0.29) is 22.8 Å². The normalized spacial score (nSPS) is 12.9. The SMILES string of the molecule is COc1nc(NCC(Cl)CC(C)(C)C)nc(OC)n1. The number of nitrogens with one attached hydrogen (secondary N) is 1. The molecule has 1 unspecified atom stereocenters. The third kappa shape index (κ3) is 5.92. The molecule has 108 valence electrons. The van der Waals surface area contributed by atoms with E-state index in [1.165, 1.54) is 14.2 Å². The van der Waals surface area contributed by atoms with Gasteiger partial charge in [0, 0.05) is 6.54 Å². The lowest BCUT2D eigenvalue weighted by Crippen LogP contribution is -2.21. The molecule has 1 aromatic rings. The molecule has 19 heavy (non-hydrogen) atoms. The largest absolute Gasteiger partial charge is 0.467 e. The highest BCUT2D eigenvalue weighted by atomic mass is 35.5. The summed E-state index contributed by atoms with van der Waals surface area (Å²) in [5, 5.41) is 3.06. The highest BCUT2D eigenvalue weighted by Gasteiger charge is 2.17. The van der Waals surface area contributed by atoms with Crippen molar-refractivity contribution in [2.45, 2.75) is 32.6 Å². The lowest BCUT2D eigenvalue weighted by Gasteiger charge is -2.21. The van der Waals surface area contributed by atoms with Crippen molar-refractivity contribution in [1.29, 1.82) is 0 Å². The van der Waals surface area contributed by atoms with Gasteiger partial charge in [0.05, 0.1) is 19.6 Å². The summed E-state index contributed by atoms with van der Waals surface area (Å²) in [7, 11) is 2.98. The van der Waals surface area contributed by atoms with E-state index in [9.17, 15) is 0 Å². The van der Waals surface area contributed by atoms with Crippen LogP contribution in [-0.4, -0.2) is 41.1 Å². The van der Waals surface area contributed by atoms with Crippen LogP contribution in [0.1, 0.15) is 27.2 Å². The summed E-state index contributed by atoms with van der Waals surface area (Å²) in [6.45, 7) is 7.02. The number of hydrogen-bond donors (Lipinski definition) is 1. The number of methoxy groups -OCH3 is 2. The predicted molar refractivity (Wildman–Crippen MR) is 75.1 cm³/mol. The van der Waals surface area contributed by atoms with Gasteiger partial charge in [-0.25, -0.2) is 0 Å². The lowest BCUT2D eigenvalue weighted by atomic mass is 9.90. The van der Waals surface area contributed by atoms with Gasteiger partial charge in [0.15, 0.2) is 0 Å². The van der Waals surface area contributed by atoms with Crippen molar-refractivity contribution >= 4 is 17.5 Å². The zero-order valence-corrected chi connectivity index (χ0v) is 12.8.